The monoisotopic (exact) mass is 436 g/mol. The molecule has 0 aromatic heterocycles. The second kappa shape index (κ2) is 8.15. The molecular weight excluding hydrogens is 408 g/mol. The number of carboxylic acid groups (broad SMARTS) is 2. The quantitative estimate of drug-likeness (QED) is 0.715. The number of ketones is 1. The molecule has 7 heteroatoms. The van der Waals surface area contributed by atoms with E-state index in [2.05, 4.69) is 0 Å². The number of carbonyl (C=O) groups excluding carboxylic acids is 1. The normalized spacial score (nSPS) is 28.1. The lowest BCUT2D eigenvalue weighted by Crippen LogP contribution is -2.75. The first-order valence-corrected chi connectivity index (χ1v) is 10.8. The first-order valence-electron chi connectivity index (χ1n) is 10.8. The lowest BCUT2D eigenvalue weighted by atomic mass is 9.57. The molecule has 4 rings (SSSR count). The lowest BCUT2D eigenvalue weighted by Gasteiger charge is -2.59. The van der Waals surface area contributed by atoms with Gasteiger partial charge in [0.2, 0.25) is 0 Å². The Labute approximate surface area is 187 Å². The molecule has 0 amide bonds. The average Bonchev–Trinajstić information content (AvgIpc) is 2.79. The van der Waals surface area contributed by atoms with Crippen molar-refractivity contribution in [2.24, 2.45) is 0 Å². The van der Waals surface area contributed by atoms with Gasteiger partial charge in [0.1, 0.15) is 12.1 Å². The number of piperidine rings is 2. The number of Topliss-reactive ketones (excluding diaryl/α,β-unsaturated/α-hetero) is 1. The molecule has 0 saturated carbocycles. The van der Waals surface area contributed by atoms with Crippen LogP contribution in [0.3, 0.4) is 0 Å². The molecule has 2 aliphatic rings. The molecule has 2 aromatic rings. The van der Waals surface area contributed by atoms with E-state index in [1.807, 2.05) is 70.5 Å². The summed E-state index contributed by atoms with van der Waals surface area (Å²) >= 11 is 0. The van der Waals surface area contributed by atoms with Crippen LogP contribution in [0.1, 0.15) is 25.0 Å². The van der Waals surface area contributed by atoms with Crippen molar-refractivity contribution in [2.45, 2.75) is 36.8 Å². The maximum absolute atomic E-state index is 14.4. The van der Waals surface area contributed by atoms with Gasteiger partial charge >= 0.3 is 11.9 Å². The van der Waals surface area contributed by atoms with Gasteiger partial charge in [-0.2, -0.15) is 0 Å². The minimum Gasteiger partial charge on any atom is -0.480 e. The molecule has 0 unspecified atom stereocenters. The number of carboxylic acids is 2. The highest BCUT2D eigenvalue weighted by atomic mass is 16.4. The van der Waals surface area contributed by atoms with E-state index in [1.165, 1.54) is 0 Å². The van der Waals surface area contributed by atoms with Gasteiger partial charge in [0.05, 0.1) is 10.8 Å². The Bertz CT molecular complexity index is 930. The molecule has 2 heterocycles. The second-order valence-corrected chi connectivity index (χ2v) is 9.06. The van der Waals surface area contributed by atoms with E-state index in [0.29, 0.717) is 0 Å². The van der Waals surface area contributed by atoms with Crippen LogP contribution in [0.25, 0.3) is 0 Å². The number of likely N-dealkylation sites (tertiary alicyclic amines) is 2. The molecule has 0 aliphatic carbocycles. The summed E-state index contributed by atoms with van der Waals surface area (Å²) in [4.78, 5) is 42.0. The van der Waals surface area contributed by atoms with Crippen molar-refractivity contribution in [3.8, 4) is 0 Å². The topological polar surface area (TPSA) is 98.2 Å². The van der Waals surface area contributed by atoms with Gasteiger partial charge in [-0.15, -0.1) is 0 Å². The zero-order valence-electron chi connectivity index (χ0n) is 18.3. The van der Waals surface area contributed by atoms with Crippen LogP contribution in [0, 0.1) is 0 Å². The molecule has 7 nitrogen and oxygen atoms in total. The Hall–Kier alpha value is -3.03. The summed E-state index contributed by atoms with van der Waals surface area (Å²) in [6, 6.07) is 17.2. The van der Waals surface area contributed by atoms with Gasteiger partial charge in [0.15, 0.2) is 5.78 Å². The van der Waals surface area contributed by atoms with E-state index in [1.54, 1.807) is 13.8 Å². The fourth-order valence-corrected chi connectivity index (χ4v) is 5.35. The van der Waals surface area contributed by atoms with Crippen molar-refractivity contribution in [1.29, 1.82) is 0 Å². The van der Waals surface area contributed by atoms with Crippen molar-refractivity contribution >= 4 is 17.7 Å². The van der Waals surface area contributed by atoms with Crippen LogP contribution >= 0.6 is 0 Å². The Morgan fingerprint density at radius 1 is 0.719 bits per heavy atom. The van der Waals surface area contributed by atoms with Crippen molar-refractivity contribution in [1.82, 2.24) is 9.80 Å². The first kappa shape index (κ1) is 22.2. The van der Waals surface area contributed by atoms with Gasteiger partial charge in [-0.25, -0.2) is 0 Å². The molecule has 0 spiro atoms. The summed E-state index contributed by atoms with van der Waals surface area (Å²) in [7, 11) is 0. The Morgan fingerprint density at radius 3 is 1.31 bits per heavy atom. The van der Waals surface area contributed by atoms with Crippen LogP contribution in [0.15, 0.2) is 60.7 Å². The fourth-order valence-electron chi connectivity index (χ4n) is 5.35. The smallest absolute Gasteiger partial charge is 0.320 e. The number of rotatable bonds is 6. The summed E-state index contributed by atoms with van der Waals surface area (Å²) in [6.45, 7) is 4.18. The molecule has 2 aromatic carbocycles. The summed E-state index contributed by atoms with van der Waals surface area (Å²) in [5.41, 5.74) is -0.507. The van der Waals surface area contributed by atoms with E-state index >= 15 is 0 Å². The van der Waals surface area contributed by atoms with Gasteiger partial charge in [-0.1, -0.05) is 60.7 Å². The molecule has 2 saturated heterocycles. The van der Waals surface area contributed by atoms with Crippen LogP contribution in [0.5, 0.6) is 0 Å². The van der Waals surface area contributed by atoms with Crippen LogP contribution in [-0.4, -0.2) is 76.0 Å². The zero-order chi connectivity index (χ0) is 23.1. The van der Waals surface area contributed by atoms with Crippen LogP contribution < -0.4 is 0 Å². The van der Waals surface area contributed by atoms with Crippen molar-refractivity contribution in [3.63, 3.8) is 0 Å². The molecule has 32 heavy (non-hydrogen) atoms. The molecule has 0 radical (unpaired) electrons. The van der Waals surface area contributed by atoms with E-state index in [0.717, 1.165) is 11.1 Å². The number of aliphatic carboxylic acids is 2. The maximum atomic E-state index is 14.4. The minimum absolute atomic E-state index is 0.0325. The predicted octanol–water partition coefficient (Wildman–Crippen LogP) is 2.01. The van der Waals surface area contributed by atoms with Crippen LogP contribution in [0.2, 0.25) is 0 Å². The molecule has 2 N–H and O–H groups in total. The Morgan fingerprint density at radius 2 is 1.03 bits per heavy atom. The van der Waals surface area contributed by atoms with E-state index < -0.39 is 34.9 Å². The van der Waals surface area contributed by atoms with Crippen LogP contribution in [0.4, 0.5) is 0 Å². The fraction of sp³-hybridized carbons (Fsp3) is 0.400. The third-order valence-corrected chi connectivity index (χ3v) is 7.22. The second-order valence-electron chi connectivity index (χ2n) is 9.06. The number of hydrogen-bond acceptors (Lipinski definition) is 5. The summed E-state index contributed by atoms with van der Waals surface area (Å²) in [5, 5.41) is 19.5. The number of nitrogens with zero attached hydrogens (tertiary/aromatic N) is 2. The number of benzene rings is 2. The number of hydrogen-bond donors (Lipinski definition) is 2. The molecule has 2 atom stereocenters. The number of fused-ring (bicyclic) bond motifs is 2. The molecular formula is C25H28N2O5. The number of carbonyl (C=O) groups is 3. The third-order valence-electron chi connectivity index (χ3n) is 7.22. The van der Waals surface area contributed by atoms with Gasteiger partial charge < -0.3 is 10.2 Å². The van der Waals surface area contributed by atoms with Gasteiger partial charge in [0, 0.05) is 26.2 Å². The highest BCUT2D eigenvalue weighted by molar-refractivity contribution is 6.02. The largest absolute Gasteiger partial charge is 0.480 e. The zero-order valence-corrected chi connectivity index (χ0v) is 18.3. The van der Waals surface area contributed by atoms with Gasteiger partial charge in [0.25, 0.3) is 0 Å². The van der Waals surface area contributed by atoms with Crippen molar-refractivity contribution in [2.75, 3.05) is 26.2 Å². The highest BCUT2D eigenvalue weighted by Crippen LogP contribution is 2.47. The predicted molar refractivity (Wildman–Crippen MR) is 119 cm³/mol. The standard InChI is InChI=1S/C25H28N2O5/c1-17(21(28)29)26-13-24(19-9-5-3-6-10-19)15-27(18(2)22(30)31)16-25(14-26,23(24)32)20-11-7-4-8-12-20/h3-12,17-18H,13-16H2,1-2H3,(H,28,29)(H,30,31)/t17-,18-,24?,25?/m0/s1. The molecule has 2 fully saturated rings. The highest BCUT2D eigenvalue weighted by Gasteiger charge is 2.62. The van der Waals surface area contributed by atoms with Crippen molar-refractivity contribution in [3.05, 3.63) is 71.8 Å². The summed E-state index contributed by atoms with van der Waals surface area (Å²) in [5.74, 6) is -1.86. The SMILES string of the molecule is C[C@@H](C(=O)O)N1CC2(c3ccccc3)CN([C@@H](C)C(=O)O)CC(c3ccccc3)(C1)C2=O. The van der Waals surface area contributed by atoms with Gasteiger partial charge in [-0.3, -0.25) is 24.2 Å². The van der Waals surface area contributed by atoms with E-state index in [9.17, 15) is 24.6 Å². The molecule has 168 valence electrons. The van der Waals surface area contributed by atoms with E-state index in [-0.39, 0.29) is 32.0 Å². The van der Waals surface area contributed by atoms with Crippen LogP contribution in [-0.2, 0) is 25.2 Å². The summed E-state index contributed by atoms with van der Waals surface area (Å²) < 4.78 is 0. The van der Waals surface area contributed by atoms with Gasteiger partial charge in [-0.05, 0) is 25.0 Å². The Balaban J connectivity index is 1.95. The van der Waals surface area contributed by atoms with Crippen molar-refractivity contribution < 1.29 is 24.6 Å². The summed E-state index contributed by atoms with van der Waals surface area (Å²) in [6.07, 6.45) is 0. The van der Waals surface area contributed by atoms with E-state index in [4.69, 9.17) is 0 Å². The Kier molecular flexibility index (Phi) is 5.65. The first-order chi connectivity index (χ1) is 15.2. The molecule has 2 bridgehead atoms. The minimum atomic E-state index is -1.04. The third kappa shape index (κ3) is 3.42. The molecule has 2 aliphatic heterocycles. The maximum Gasteiger partial charge on any atom is 0.320 e. The average molecular weight is 437 g/mol. The lowest BCUT2D eigenvalue weighted by molar-refractivity contribution is -0.158.